The highest BCUT2D eigenvalue weighted by molar-refractivity contribution is 8.27. The summed E-state index contributed by atoms with van der Waals surface area (Å²) < 4.78 is 11.6. The molecule has 0 bridgehead atoms. The van der Waals surface area contributed by atoms with Crippen LogP contribution in [-0.2, 0) is 10.2 Å². The van der Waals surface area contributed by atoms with Crippen LogP contribution < -0.4 is 9.47 Å². The zero-order chi connectivity index (χ0) is 25.2. The van der Waals surface area contributed by atoms with E-state index in [0.717, 1.165) is 16.4 Å². The summed E-state index contributed by atoms with van der Waals surface area (Å²) in [5.41, 5.74) is 2.37. The Hall–Kier alpha value is -3.39. The van der Waals surface area contributed by atoms with Crippen LogP contribution in [0.3, 0.4) is 0 Å². The summed E-state index contributed by atoms with van der Waals surface area (Å²) in [5, 5.41) is 15.6. The fraction of sp³-hybridized carbons (Fsp3) is 0.333. The molecule has 0 aliphatic carbocycles. The van der Waals surface area contributed by atoms with Gasteiger partial charge in [-0.25, -0.2) is 0 Å². The number of carbonyl (C=O) groups excluding carboxylic acids is 1. The molecule has 2 aliphatic rings. The van der Waals surface area contributed by atoms with Gasteiger partial charge in [0.15, 0.2) is 5.84 Å². The molecule has 7 nitrogen and oxygen atoms in total. The summed E-state index contributed by atoms with van der Waals surface area (Å²) in [7, 11) is 0. The first-order chi connectivity index (χ1) is 16.6. The number of rotatable bonds is 7. The van der Waals surface area contributed by atoms with Gasteiger partial charge in [0, 0.05) is 5.92 Å². The smallest absolute Gasteiger partial charge is 0.283 e. The molecule has 35 heavy (non-hydrogen) atoms. The van der Waals surface area contributed by atoms with Crippen LogP contribution in [0.1, 0.15) is 45.7 Å². The van der Waals surface area contributed by atoms with E-state index in [2.05, 4.69) is 43.0 Å². The maximum Gasteiger partial charge on any atom is 0.283 e. The van der Waals surface area contributed by atoms with Crippen LogP contribution in [0, 0.1) is 11.3 Å². The Bertz CT molecular complexity index is 1210. The van der Waals surface area contributed by atoms with Gasteiger partial charge in [-0.05, 0) is 58.6 Å². The summed E-state index contributed by atoms with van der Waals surface area (Å²) in [6.45, 7) is 11.4. The molecule has 0 unspecified atom stereocenters. The average molecular weight is 491 g/mol. The highest BCUT2D eigenvalue weighted by Gasteiger charge is 2.36. The summed E-state index contributed by atoms with van der Waals surface area (Å²) >= 11 is 1.34. The number of fused-ring (bicyclic) bond motifs is 1. The molecule has 4 rings (SSSR count). The van der Waals surface area contributed by atoms with E-state index in [0.29, 0.717) is 24.1 Å². The molecular weight excluding hydrogens is 460 g/mol. The third kappa shape index (κ3) is 5.82. The van der Waals surface area contributed by atoms with Gasteiger partial charge in [-0.2, -0.15) is 15.1 Å². The van der Waals surface area contributed by atoms with Gasteiger partial charge in [0.25, 0.3) is 5.91 Å². The number of hydrogen-bond donors (Lipinski definition) is 1. The third-order valence-electron chi connectivity index (χ3n) is 5.50. The molecular formula is C27H30N4O3S. The first-order valence-corrected chi connectivity index (χ1v) is 12.4. The highest BCUT2D eigenvalue weighted by atomic mass is 32.2. The fourth-order valence-electron chi connectivity index (χ4n) is 3.44. The topological polar surface area (TPSA) is 87.3 Å². The number of aliphatic imine (C=N–C) groups is 1. The number of benzene rings is 2. The second kappa shape index (κ2) is 10.1. The number of nitrogens with zero attached hydrogens (tertiary/aromatic N) is 3. The Morgan fingerprint density at radius 3 is 2.11 bits per heavy atom. The zero-order valence-corrected chi connectivity index (χ0v) is 21.5. The number of hydrogen-bond acceptors (Lipinski definition) is 6. The maximum absolute atomic E-state index is 12.5. The average Bonchev–Trinajstić information content (AvgIpc) is 3.25. The van der Waals surface area contributed by atoms with E-state index in [9.17, 15) is 4.79 Å². The van der Waals surface area contributed by atoms with Crippen molar-refractivity contribution in [1.29, 1.82) is 5.41 Å². The molecule has 0 atom stereocenters. The molecule has 0 spiro atoms. The Morgan fingerprint density at radius 2 is 1.57 bits per heavy atom. The Morgan fingerprint density at radius 1 is 1.00 bits per heavy atom. The minimum Gasteiger partial charge on any atom is -0.490 e. The number of amides is 1. The number of ether oxygens (including phenoxy) is 2. The molecule has 2 aromatic rings. The molecule has 1 N–H and O–H groups in total. The van der Waals surface area contributed by atoms with Gasteiger partial charge in [0.05, 0.1) is 5.57 Å². The summed E-state index contributed by atoms with van der Waals surface area (Å²) in [5.74, 6) is 1.33. The van der Waals surface area contributed by atoms with Gasteiger partial charge in [-0.1, -0.05) is 58.9 Å². The van der Waals surface area contributed by atoms with E-state index < -0.39 is 5.91 Å². The number of thioether (sulfide) groups is 1. The third-order valence-corrected chi connectivity index (χ3v) is 6.71. The van der Waals surface area contributed by atoms with Crippen molar-refractivity contribution in [2.75, 3.05) is 13.2 Å². The van der Waals surface area contributed by atoms with E-state index >= 15 is 0 Å². The van der Waals surface area contributed by atoms with Crippen molar-refractivity contribution in [1.82, 2.24) is 5.01 Å². The van der Waals surface area contributed by atoms with Gasteiger partial charge in [-0.15, -0.1) is 0 Å². The first kappa shape index (κ1) is 24.7. The lowest BCUT2D eigenvalue weighted by atomic mass is 9.87. The largest absolute Gasteiger partial charge is 0.490 e. The maximum atomic E-state index is 12.5. The molecule has 2 aromatic carbocycles. The van der Waals surface area contributed by atoms with Crippen molar-refractivity contribution in [2.45, 2.75) is 40.0 Å². The van der Waals surface area contributed by atoms with E-state index in [1.807, 2.05) is 50.2 Å². The van der Waals surface area contributed by atoms with Gasteiger partial charge in [0.1, 0.15) is 29.8 Å². The second-order valence-corrected chi connectivity index (χ2v) is 10.6. The van der Waals surface area contributed by atoms with Gasteiger partial charge in [0.2, 0.25) is 5.17 Å². The molecule has 8 heteroatoms. The number of nitrogens with one attached hydrogen (secondary N) is 1. The van der Waals surface area contributed by atoms with Crippen molar-refractivity contribution in [3.8, 4) is 11.5 Å². The molecule has 182 valence electrons. The summed E-state index contributed by atoms with van der Waals surface area (Å²) in [6.07, 6.45) is 1.66. The molecule has 1 amide bonds. The lowest BCUT2D eigenvalue weighted by molar-refractivity contribution is -0.114. The highest BCUT2D eigenvalue weighted by Crippen LogP contribution is 2.31. The van der Waals surface area contributed by atoms with Crippen LogP contribution >= 0.6 is 11.8 Å². The Labute approximate surface area is 210 Å². The second-order valence-electron chi connectivity index (χ2n) is 9.65. The molecule has 0 radical (unpaired) electrons. The van der Waals surface area contributed by atoms with Crippen LogP contribution in [-0.4, -0.2) is 40.2 Å². The Balaban J connectivity index is 1.32. The van der Waals surface area contributed by atoms with E-state index in [4.69, 9.17) is 14.9 Å². The van der Waals surface area contributed by atoms with E-state index in [-0.39, 0.29) is 22.7 Å². The van der Waals surface area contributed by atoms with Crippen LogP contribution in [0.15, 0.2) is 64.2 Å². The van der Waals surface area contributed by atoms with Crippen molar-refractivity contribution >= 4 is 39.8 Å². The predicted octanol–water partition coefficient (Wildman–Crippen LogP) is 5.72. The van der Waals surface area contributed by atoms with Crippen molar-refractivity contribution in [3.05, 3.63) is 65.2 Å². The van der Waals surface area contributed by atoms with Crippen LogP contribution in [0.4, 0.5) is 0 Å². The van der Waals surface area contributed by atoms with Gasteiger partial charge < -0.3 is 9.47 Å². The number of carbonyl (C=O) groups is 1. The fourth-order valence-corrected chi connectivity index (χ4v) is 4.33. The monoisotopic (exact) mass is 490 g/mol. The number of hydrazone groups is 1. The molecule has 2 heterocycles. The SMILES string of the molecule is CC(C)C1=NN2C(=N)/C(=C\c3ccc(OCCOc4ccc(C(C)(C)C)cc4)cc3)C(=O)N=C2S1. The lowest BCUT2D eigenvalue weighted by Crippen LogP contribution is -2.35. The summed E-state index contributed by atoms with van der Waals surface area (Å²) in [4.78, 5) is 16.6. The Kier molecular flexibility index (Phi) is 7.12. The minimum atomic E-state index is -0.429. The predicted molar refractivity (Wildman–Crippen MR) is 142 cm³/mol. The van der Waals surface area contributed by atoms with Gasteiger partial charge in [-0.3, -0.25) is 10.2 Å². The molecule has 0 fully saturated rings. The van der Waals surface area contributed by atoms with Gasteiger partial charge >= 0.3 is 0 Å². The first-order valence-electron chi connectivity index (χ1n) is 11.6. The van der Waals surface area contributed by atoms with Crippen LogP contribution in [0.25, 0.3) is 6.08 Å². The number of amidine groups is 2. The lowest BCUT2D eigenvalue weighted by Gasteiger charge is -2.20. The minimum absolute atomic E-state index is 0.0381. The van der Waals surface area contributed by atoms with Crippen molar-refractivity contribution in [3.63, 3.8) is 0 Å². The van der Waals surface area contributed by atoms with Crippen LogP contribution in [0.5, 0.6) is 11.5 Å². The summed E-state index contributed by atoms with van der Waals surface area (Å²) in [6, 6.07) is 15.5. The zero-order valence-electron chi connectivity index (χ0n) is 20.7. The normalized spacial score (nSPS) is 17.0. The quantitative estimate of drug-likeness (QED) is 0.396. The van der Waals surface area contributed by atoms with E-state index in [1.54, 1.807) is 6.08 Å². The van der Waals surface area contributed by atoms with Crippen LogP contribution in [0.2, 0.25) is 0 Å². The standard InChI is InChI=1S/C27H30N4O3S/c1-17(2)25-30-31-23(28)22(24(32)29-26(31)35-25)16-18-6-10-20(11-7-18)33-14-15-34-21-12-8-19(9-13-21)27(3,4)5/h6-13,16-17,28H,14-15H2,1-5H3/b22-16+,28-23?. The molecule has 0 saturated heterocycles. The van der Waals surface area contributed by atoms with Crippen molar-refractivity contribution < 1.29 is 14.3 Å². The molecule has 2 aliphatic heterocycles. The van der Waals surface area contributed by atoms with E-state index in [1.165, 1.54) is 22.3 Å². The molecule has 0 aromatic heterocycles. The van der Waals surface area contributed by atoms with Crippen molar-refractivity contribution in [2.24, 2.45) is 16.0 Å². The molecule has 0 saturated carbocycles.